The molecule has 0 fully saturated rings. The number of nitrogens with two attached hydrogens (primary N) is 1. The van der Waals surface area contributed by atoms with Crippen molar-refractivity contribution in [2.75, 3.05) is 13.7 Å². The number of ether oxygens (including phenoxy) is 1. The van der Waals surface area contributed by atoms with Crippen molar-refractivity contribution < 1.29 is 4.74 Å². The molecule has 1 aromatic rings. The largest absolute Gasteiger partial charge is 0.385 e. The standard InChI is InChI=1S/C15H24N2O/c1-11(9-10-18-2)15(17-16)14-8-7-12-5-3-4-6-13(12)14/h3-6,11,14-15,17H,7-10,16H2,1-2H3. The second-order valence-corrected chi connectivity index (χ2v) is 5.30. The number of hydrogen-bond acceptors (Lipinski definition) is 3. The molecule has 0 aromatic heterocycles. The molecule has 3 unspecified atom stereocenters. The molecule has 18 heavy (non-hydrogen) atoms. The molecule has 3 atom stereocenters. The van der Waals surface area contributed by atoms with E-state index >= 15 is 0 Å². The summed E-state index contributed by atoms with van der Waals surface area (Å²) in [5, 5.41) is 0. The van der Waals surface area contributed by atoms with Crippen molar-refractivity contribution in [3.63, 3.8) is 0 Å². The lowest BCUT2D eigenvalue weighted by atomic mass is 9.84. The van der Waals surface area contributed by atoms with E-state index in [0.29, 0.717) is 17.9 Å². The van der Waals surface area contributed by atoms with Crippen molar-refractivity contribution in [3.8, 4) is 0 Å². The maximum atomic E-state index is 5.79. The van der Waals surface area contributed by atoms with Crippen molar-refractivity contribution in [2.24, 2.45) is 11.8 Å². The van der Waals surface area contributed by atoms with Gasteiger partial charge >= 0.3 is 0 Å². The first-order valence-corrected chi connectivity index (χ1v) is 6.80. The van der Waals surface area contributed by atoms with Crippen LogP contribution in [0.2, 0.25) is 0 Å². The highest BCUT2D eigenvalue weighted by Crippen LogP contribution is 2.37. The Morgan fingerprint density at radius 2 is 2.22 bits per heavy atom. The lowest BCUT2D eigenvalue weighted by Crippen LogP contribution is -2.44. The number of methoxy groups -OCH3 is 1. The van der Waals surface area contributed by atoms with Gasteiger partial charge in [-0.3, -0.25) is 11.3 Å². The number of nitrogens with one attached hydrogen (secondary N) is 1. The minimum absolute atomic E-state index is 0.337. The van der Waals surface area contributed by atoms with E-state index < -0.39 is 0 Å². The maximum absolute atomic E-state index is 5.79. The molecule has 0 spiro atoms. The fraction of sp³-hybridized carbons (Fsp3) is 0.600. The van der Waals surface area contributed by atoms with Crippen LogP contribution < -0.4 is 11.3 Å². The highest BCUT2D eigenvalue weighted by molar-refractivity contribution is 5.36. The molecule has 0 bridgehead atoms. The lowest BCUT2D eigenvalue weighted by molar-refractivity contribution is 0.165. The maximum Gasteiger partial charge on any atom is 0.0465 e. The number of fused-ring (bicyclic) bond motifs is 1. The second-order valence-electron chi connectivity index (χ2n) is 5.30. The number of benzene rings is 1. The van der Waals surface area contributed by atoms with Gasteiger partial charge in [0.25, 0.3) is 0 Å². The minimum Gasteiger partial charge on any atom is -0.385 e. The van der Waals surface area contributed by atoms with Crippen LogP contribution >= 0.6 is 0 Å². The van der Waals surface area contributed by atoms with Gasteiger partial charge in [-0.15, -0.1) is 0 Å². The van der Waals surface area contributed by atoms with Gasteiger partial charge in [0, 0.05) is 25.7 Å². The van der Waals surface area contributed by atoms with Crippen LogP contribution in [-0.4, -0.2) is 19.8 Å². The lowest BCUT2D eigenvalue weighted by Gasteiger charge is -2.29. The van der Waals surface area contributed by atoms with Crippen molar-refractivity contribution in [3.05, 3.63) is 35.4 Å². The third kappa shape index (κ3) is 2.74. The third-order valence-corrected chi connectivity index (χ3v) is 4.20. The highest BCUT2D eigenvalue weighted by Gasteiger charge is 2.31. The summed E-state index contributed by atoms with van der Waals surface area (Å²) in [5.74, 6) is 6.85. The molecular weight excluding hydrogens is 224 g/mol. The number of aryl methyl sites for hydroxylation is 1. The quantitative estimate of drug-likeness (QED) is 0.599. The molecule has 0 radical (unpaired) electrons. The molecular formula is C15H24N2O. The van der Waals surface area contributed by atoms with Gasteiger partial charge in [-0.2, -0.15) is 0 Å². The molecule has 0 aliphatic heterocycles. The number of hydrazine groups is 1. The van der Waals surface area contributed by atoms with Crippen LogP contribution in [0.4, 0.5) is 0 Å². The zero-order chi connectivity index (χ0) is 13.0. The van der Waals surface area contributed by atoms with Crippen LogP contribution in [0.15, 0.2) is 24.3 Å². The summed E-state index contributed by atoms with van der Waals surface area (Å²) in [6.07, 6.45) is 3.42. The average molecular weight is 248 g/mol. The molecule has 1 aromatic carbocycles. The summed E-state index contributed by atoms with van der Waals surface area (Å²) in [4.78, 5) is 0. The van der Waals surface area contributed by atoms with Crippen LogP contribution in [-0.2, 0) is 11.2 Å². The molecule has 3 nitrogen and oxygen atoms in total. The Kier molecular flexibility index (Phi) is 4.75. The van der Waals surface area contributed by atoms with Gasteiger partial charge in [0.2, 0.25) is 0 Å². The molecule has 0 heterocycles. The predicted octanol–water partition coefficient (Wildman–Crippen LogP) is 2.22. The van der Waals surface area contributed by atoms with Crippen molar-refractivity contribution in [1.29, 1.82) is 0 Å². The molecule has 1 aliphatic rings. The molecule has 3 heteroatoms. The topological polar surface area (TPSA) is 47.3 Å². The summed E-state index contributed by atoms with van der Waals surface area (Å²) in [6, 6.07) is 9.08. The van der Waals surface area contributed by atoms with Gasteiger partial charge in [-0.05, 0) is 36.3 Å². The SMILES string of the molecule is COCCC(C)C(NN)C1CCc2ccccc21. The van der Waals surface area contributed by atoms with E-state index in [1.807, 2.05) is 0 Å². The van der Waals surface area contributed by atoms with Gasteiger partial charge in [0.05, 0.1) is 0 Å². The fourth-order valence-corrected chi connectivity index (χ4v) is 3.12. The Hall–Kier alpha value is -0.900. The fourth-order valence-electron chi connectivity index (χ4n) is 3.12. The van der Waals surface area contributed by atoms with E-state index in [2.05, 4.69) is 36.6 Å². The first-order valence-electron chi connectivity index (χ1n) is 6.80. The van der Waals surface area contributed by atoms with Gasteiger partial charge in [0.15, 0.2) is 0 Å². The van der Waals surface area contributed by atoms with Crippen LogP contribution in [0.25, 0.3) is 0 Å². The second kappa shape index (κ2) is 6.32. The number of hydrogen-bond donors (Lipinski definition) is 2. The third-order valence-electron chi connectivity index (χ3n) is 4.20. The molecule has 2 rings (SSSR count). The summed E-state index contributed by atoms with van der Waals surface area (Å²) < 4.78 is 5.17. The summed E-state index contributed by atoms with van der Waals surface area (Å²) in [5.41, 5.74) is 6.00. The van der Waals surface area contributed by atoms with Crippen molar-refractivity contribution >= 4 is 0 Å². The van der Waals surface area contributed by atoms with Crippen LogP contribution in [0.5, 0.6) is 0 Å². The normalized spacial score (nSPS) is 21.6. The van der Waals surface area contributed by atoms with E-state index in [0.717, 1.165) is 13.0 Å². The molecule has 0 saturated carbocycles. The van der Waals surface area contributed by atoms with Crippen LogP contribution in [0.1, 0.15) is 36.8 Å². The zero-order valence-corrected chi connectivity index (χ0v) is 11.4. The van der Waals surface area contributed by atoms with E-state index in [9.17, 15) is 0 Å². The van der Waals surface area contributed by atoms with Gasteiger partial charge < -0.3 is 4.74 Å². The van der Waals surface area contributed by atoms with Gasteiger partial charge in [-0.1, -0.05) is 31.2 Å². The highest BCUT2D eigenvalue weighted by atomic mass is 16.5. The molecule has 0 saturated heterocycles. The summed E-state index contributed by atoms with van der Waals surface area (Å²) >= 11 is 0. The Labute approximate surface area is 110 Å². The predicted molar refractivity (Wildman–Crippen MR) is 74.3 cm³/mol. The Balaban J connectivity index is 2.10. The van der Waals surface area contributed by atoms with Gasteiger partial charge in [0.1, 0.15) is 0 Å². The molecule has 1 aliphatic carbocycles. The summed E-state index contributed by atoms with van der Waals surface area (Å²) in [6.45, 7) is 3.05. The number of rotatable bonds is 6. The van der Waals surface area contributed by atoms with Crippen molar-refractivity contribution in [1.82, 2.24) is 5.43 Å². The van der Waals surface area contributed by atoms with E-state index in [-0.39, 0.29) is 0 Å². The Morgan fingerprint density at radius 3 is 2.94 bits per heavy atom. The van der Waals surface area contributed by atoms with Crippen molar-refractivity contribution in [2.45, 2.75) is 38.1 Å². The Bertz CT molecular complexity index is 381. The monoisotopic (exact) mass is 248 g/mol. The molecule has 100 valence electrons. The summed E-state index contributed by atoms with van der Waals surface area (Å²) in [7, 11) is 1.75. The van der Waals surface area contributed by atoms with Crippen LogP contribution in [0.3, 0.4) is 0 Å². The minimum atomic E-state index is 0.337. The molecule has 3 N–H and O–H groups in total. The Morgan fingerprint density at radius 1 is 1.44 bits per heavy atom. The van der Waals surface area contributed by atoms with Crippen LogP contribution in [0, 0.1) is 5.92 Å². The molecule has 0 amide bonds. The first-order chi connectivity index (χ1) is 8.77. The zero-order valence-electron chi connectivity index (χ0n) is 11.4. The van der Waals surface area contributed by atoms with Gasteiger partial charge in [-0.25, -0.2) is 0 Å². The van der Waals surface area contributed by atoms with E-state index in [1.165, 1.54) is 24.0 Å². The van der Waals surface area contributed by atoms with E-state index in [4.69, 9.17) is 10.6 Å². The average Bonchev–Trinajstić information content (AvgIpc) is 2.81. The first kappa shape index (κ1) is 13.5. The smallest absolute Gasteiger partial charge is 0.0465 e. The van der Waals surface area contributed by atoms with E-state index in [1.54, 1.807) is 7.11 Å².